The van der Waals surface area contributed by atoms with Gasteiger partial charge < -0.3 is 10.6 Å². The van der Waals surface area contributed by atoms with Crippen molar-refractivity contribution >= 4 is 33.8 Å². The van der Waals surface area contributed by atoms with Crippen LogP contribution in [0.15, 0.2) is 12.1 Å². The number of halogens is 1. The number of nitrogens with zero attached hydrogens (tertiary/aromatic N) is 1. The van der Waals surface area contributed by atoms with E-state index in [0.29, 0.717) is 10.9 Å². The summed E-state index contributed by atoms with van der Waals surface area (Å²) in [6, 6.07) is 3.64. The maximum Gasteiger partial charge on any atom is 0.231 e. The maximum absolute atomic E-state index is 12.1. The highest BCUT2D eigenvalue weighted by atomic mass is 35.5. The molecule has 0 saturated carbocycles. The molecule has 0 radical (unpaired) electrons. The van der Waals surface area contributed by atoms with Gasteiger partial charge in [0.1, 0.15) is 0 Å². The zero-order valence-corrected chi connectivity index (χ0v) is 11.3. The second-order valence-electron chi connectivity index (χ2n) is 4.06. The summed E-state index contributed by atoms with van der Waals surface area (Å²) in [4.78, 5) is 13.8. The second-order valence-corrected chi connectivity index (χ2v) is 5.75. The molecule has 0 aliphatic heterocycles. The number of carbonyl (C=O) groups excluding carboxylic acids is 1. The van der Waals surface area contributed by atoms with Crippen LogP contribution in [-0.2, 0) is 4.79 Å². The number of anilines is 1. The fourth-order valence-electron chi connectivity index (χ4n) is 1.50. The van der Waals surface area contributed by atoms with Gasteiger partial charge in [0.15, 0.2) is 0 Å². The molecule has 3 nitrogen and oxygen atoms in total. The minimum atomic E-state index is -0.133. The number of thiophene rings is 1. The van der Waals surface area contributed by atoms with Crippen LogP contribution in [0.2, 0.25) is 4.34 Å². The normalized spacial score (nSPS) is 12.9. The molecule has 0 spiro atoms. The van der Waals surface area contributed by atoms with E-state index in [1.165, 1.54) is 11.3 Å². The van der Waals surface area contributed by atoms with Gasteiger partial charge in [0.25, 0.3) is 0 Å². The van der Waals surface area contributed by atoms with Crippen molar-refractivity contribution < 1.29 is 4.79 Å². The lowest BCUT2D eigenvalue weighted by atomic mass is 9.95. The summed E-state index contributed by atoms with van der Waals surface area (Å²) in [6.07, 6.45) is 0. The second kappa shape index (κ2) is 5.66. The minimum absolute atomic E-state index is 0.0519. The summed E-state index contributed by atoms with van der Waals surface area (Å²) >= 11 is 7.23. The van der Waals surface area contributed by atoms with Gasteiger partial charge in [0.2, 0.25) is 5.91 Å². The SMILES string of the molecule is CC(C)C(CN)C(=O)N(C)c1ccc(Cl)s1. The average molecular weight is 261 g/mol. The number of rotatable bonds is 4. The van der Waals surface area contributed by atoms with E-state index in [-0.39, 0.29) is 17.7 Å². The fraction of sp³-hybridized carbons (Fsp3) is 0.545. The van der Waals surface area contributed by atoms with Crippen molar-refractivity contribution in [2.45, 2.75) is 13.8 Å². The Hall–Kier alpha value is -0.580. The fourth-order valence-corrected chi connectivity index (χ4v) is 2.50. The highest BCUT2D eigenvalue weighted by Gasteiger charge is 2.25. The summed E-state index contributed by atoms with van der Waals surface area (Å²) in [7, 11) is 1.76. The lowest BCUT2D eigenvalue weighted by molar-refractivity contribution is -0.123. The van der Waals surface area contributed by atoms with Gasteiger partial charge >= 0.3 is 0 Å². The standard InChI is InChI=1S/C11H17ClN2OS/c1-7(2)8(6-13)11(15)14(3)10-5-4-9(12)16-10/h4-5,7-8H,6,13H2,1-3H3. The zero-order valence-electron chi connectivity index (χ0n) is 9.74. The third-order valence-electron chi connectivity index (χ3n) is 2.60. The van der Waals surface area contributed by atoms with E-state index in [2.05, 4.69) is 0 Å². The molecule has 0 bridgehead atoms. The first-order valence-corrected chi connectivity index (χ1v) is 6.39. The summed E-state index contributed by atoms with van der Waals surface area (Å²) in [5, 5.41) is 0.856. The van der Waals surface area contributed by atoms with E-state index < -0.39 is 0 Å². The van der Waals surface area contributed by atoms with E-state index in [4.69, 9.17) is 17.3 Å². The first-order valence-electron chi connectivity index (χ1n) is 5.20. The van der Waals surface area contributed by atoms with Gasteiger partial charge in [-0.15, -0.1) is 11.3 Å². The van der Waals surface area contributed by atoms with Crippen LogP contribution in [-0.4, -0.2) is 19.5 Å². The Kier molecular flexibility index (Phi) is 4.77. The molecule has 0 aliphatic rings. The van der Waals surface area contributed by atoms with Gasteiger partial charge in [-0.05, 0) is 18.1 Å². The Morgan fingerprint density at radius 2 is 2.19 bits per heavy atom. The third-order valence-corrected chi connectivity index (χ3v) is 3.90. The van der Waals surface area contributed by atoms with Crippen molar-refractivity contribution in [1.82, 2.24) is 0 Å². The zero-order chi connectivity index (χ0) is 12.3. The Morgan fingerprint density at radius 1 is 1.56 bits per heavy atom. The molecular weight excluding hydrogens is 244 g/mol. The molecule has 1 unspecified atom stereocenters. The van der Waals surface area contributed by atoms with E-state index in [1.807, 2.05) is 19.9 Å². The Labute approximate surface area is 105 Å². The largest absolute Gasteiger partial charge is 0.330 e. The monoisotopic (exact) mass is 260 g/mol. The molecule has 1 aromatic rings. The molecule has 1 atom stereocenters. The average Bonchev–Trinajstić information content (AvgIpc) is 2.64. The number of hydrogen-bond acceptors (Lipinski definition) is 3. The molecule has 2 N–H and O–H groups in total. The van der Waals surface area contributed by atoms with Gasteiger partial charge in [-0.3, -0.25) is 4.79 Å². The van der Waals surface area contributed by atoms with Gasteiger partial charge in [0, 0.05) is 13.6 Å². The van der Waals surface area contributed by atoms with Crippen molar-refractivity contribution in [3.8, 4) is 0 Å². The van der Waals surface area contributed by atoms with Crippen molar-refractivity contribution in [3.63, 3.8) is 0 Å². The molecule has 16 heavy (non-hydrogen) atoms. The number of nitrogens with two attached hydrogens (primary N) is 1. The predicted octanol–water partition coefficient (Wildman–Crippen LogP) is 2.60. The number of amides is 1. The van der Waals surface area contributed by atoms with E-state index in [9.17, 15) is 4.79 Å². The van der Waals surface area contributed by atoms with E-state index >= 15 is 0 Å². The van der Waals surface area contributed by atoms with Crippen molar-refractivity contribution in [1.29, 1.82) is 0 Å². The van der Waals surface area contributed by atoms with E-state index in [1.54, 1.807) is 18.0 Å². The van der Waals surface area contributed by atoms with Crippen LogP contribution in [0.3, 0.4) is 0 Å². The Morgan fingerprint density at radius 3 is 2.56 bits per heavy atom. The highest BCUT2D eigenvalue weighted by Crippen LogP contribution is 2.30. The molecule has 1 rings (SSSR count). The first kappa shape index (κ1) is 13.5. The highest BCUT2D eigenvalue weighted by molar-refractivity contribution is 7.20. The summed E-state index contributed by atoms with van der Waals surface area (Å²) < 4.78 is 0.684. The topological polar surface area (TPSA) is 46.3 Å². The molecule has 0 saturated heterocycles. The molecule has 1 amide bonds. The lowest BCUT2D eigenvalue weighted by Gasteiger charge is -2.24. The Balaban J connectivity index is 2.81. The van der Waals surface area contributed by atoms with Crippen LogP contribution in [0.5, 0.6) is 0 Å². The van der Waals surface area contributed by atoms with Crippen LogP contribution in [0.4, 0.5) is 5.00 Å². The quantitative estimate of drug-likeness (QED) is 0.905. The summed E-state index contributed by atoms with van der Waals surface area (Å²) in [5.41, 5.74) is 5.63. The minimum Gasteiger partial charge on any atom is -0.330 e. The van der Waals surface area contributed by atoms with Gasteiger partial charge in [-0.2, -0.15) is 0 Å². The van der Waals surface area contributed by atoms with Crippen LogP contribution in [0, 0.1) is 11.8 Å². The molecule has 1 aromatic heterocycles. The van der Waals surface area contributed by atoms with Crippen molar-refractivity contribution in [2.24, 2.45) is 17.6 Å². The van der Waals surface area contributed by atoms with Crippen LogP contribution >= 0.6 is 22.9 Å². The first-order chi connectivity index (χ1) is 7.47. The molecule has 0 aliphatic carbocycles. The van der Waals surface area contributed by atoms with Gasteiger partial charge in [0.05, 0.1) is 15.3 Å². The molecule has 1 heterocycles. The van der Waals surface area contributed by atoms with Crippen molar-refractivity contribution in [2.75, 3.05) is 18.5 Å². The summed E-state index contributed by atoms with van der Waals surface area (Å²) in [5.74, 6) is 0.164. The van der Waals surface area contributed by atoms with E-state index in [0.717, 1.165) is 5.00 Å². The van der Waals surface area contributed by atoms with Gasteiger partial charge in [-0.1, -0.05) is 25.4 Å². The third kappa shape index (κ3) is 2.97. The maximum atomic E-state index is 12.1. The number of carbonyl (C=O) groups is 1. The molecular formula is C11H17ClN2OS. The predicted molar refractivity (Wildman–Crippen MR) is 70.1 cm³/mol. The lowest BCUT2D eigenvalue weighted by Crippen LogP contribution is -2.39. The molecule has 0 fully saturated rings. The Bertz CT molecular complexity index is 365. The molecule has 0 aromatic carbocycles. The summed E-state index contributed by atoms with van der Waals surface area (Å²) in [6.45, 7) is 4.38. The van der Waals surface area contributed by atoms with Crippen molar-refractivity contribution in [3.05, 3.63) is 16.5 Å². The number of hydrogen-bond donors (Lipinski definition) is 1. The van der Waals surface area contributed by atoms with Crippen LogP contribution in [0.1, 0.15) is 13.8 Å². The van der Waals surface area contributed by atoms with Gasteiger partial charge in [-0.25, -0.2) is 0 Å². The van der Waals surface area contributed by atoms with Crippen LogP contribution < -0.4 is 10.6 Å². The molecule has 90 valence electrons. The molecule has 5 heteroatoms. The smallest absolute Gasteiger partial charge is 0.231 e. The van der Waals surface area contributed by atoms with Crippen LogP contribution in [0.25, 0.3) is 0 Å².